The van der Waals surface area contributed by atoms with Gasteiger partial charge in [-0.2, -0.15) is 0 Å². The Bertz CT molecular complexity index is 522. The minimum absolute atomic E-state index is 0.586. The van der Waals surface area contributed by atoms with Crippen molar-refractivity contribution in [3.63, 3.8) is 0 Å². The van der Waals surface area contributed by atoms with E-state index in [4.69, 9.17) is 0 Å². The van der Waals surface area contributed by atoms with Gasteiger partial charge in [0.15, 0.2) is 0 Å². The van der Waals surface area contributed by atoms with Crippen molar-refractivity contribution in [1.29, 1.82) is 0 Å². The Labute approximate surface area is 124 Å². The monoisotopic (exact) mass is 317 g/mol. The highest BCUT2D eigenvalue weighted by molar-refractivity contribution is 9.10. The van der Waals surface area contributed by atoms with Crippen LogP contribution in [0.5, 0.6) is 0 Å². The van der Waals surface area contributed by atoms with Crippen molar-refractivity contribution in [3.05, 3.63) is 64.1 Å². The van der Waals surface area contributed by atoms with E-state index in [-0.39, 0.29) is 0 Å². The van der Waals surface area contributed by atoms with Crippen molar-refractivity contribution in [3.8, 4) is 0 Å². The second-order valence-corrected chi connectivity index (χ2v) is 5.85. The van der Waals surface area contributed by atoms with Crippen molar-refractivity contribution in [1.82, 2.24) is 0 Å². The van der Waals surface area contributed by atoms with E-state index in [0.29, 0.717) is 5.92 Å². The number of aryl methyl sites for hydroxylation is 1. The lowest BCUT2D eigenvalue weighted by atomic mass is 9.98. The third-order valence-corrected chi connectivity index (χ3v) is 4.30. The van der Waals surface area contributed by atoms with Gasteiger partial charge < -0.3 is 5.32 Å². The van der Waals surface area contributed by atoms with E-state index >= 15 is 0 Å². The molecule has 0 saturated carbocycles. The Morgan fingerprint density at radius 1 is 1.11 bits per heavy atom. The average Bonchev–Trinajstić information content (AvgIpc) is 2.43. The van der Waals surface area contributed by atoms with Gasteiger partial charge in [-0.3, -0.25) is 0 Å². The van der Waals surface area contributed by atoms with Crippen LogP contribution in [0.25, 0.3) is 0 Å². The van der Waals surface area contributed by atoms with Crippen LogP contribution in [0, 0.1) is 6.92 Å². The first-order valence-corrected chi connectivity index (χ1v) is 7.51. The second kappa shape index (κ2) is 6.76. The first-order chi connectivity index (χ1) is 9.16. The van der Waals surface area contributed by atoms with E-state index in [1.807, 2.05) is 0 Å². The normalized spacial score (nSPS) is 12.2. The number of anilines is 1. The van der Waals surface area contributed by atoms with E-state index in [1.54, 1.807) is 0 Å². The molecule has 2 aromatic rings. The van der Waals surface area contributed by atoms with Crippen LogP contribution in [0.4, 0.5) is 5.69 Å². The van der Waals surface area contributed by atoms with Crippen molar-refractivity contribution in [2.24, 2.45) is 0 Å². The number of hydrogen-bond donors (Lipinski definition) is 1. The van der Waals surface area contributed by atoms with Gasteiger partial charge in [0.25, 0.3) is 0 Å². The number of hydrogen-bond acceptors (Lipinski definition) is 1. The molecule has 0 amide bonds. The standard InChI is InChI=1S/C17H20BrN/c1-13(15-6-4-3-5-7-15)10-11-19-16-9-8-14(2)17(18)12-16/h3-9,12-13,19H,10-11H2,1-2H3. The number of halogens is 1. The van der Waals surface area contributed by atoms with E-state index < -0.39 is 0 Å². The summed E-state index contributed by atoms with van der Waals surface area (Å²) in [5.41, 5.74) is 3.86. The molecule has 1 nitrogen and oxygen atoms in total. The number of benzene rings is 2. The Balaban J connectivity index is 1.85. The van der Waals surface area contributed by atoms with Gasteiger partial charge >= 0.3 is 0 Å². The fourth-order valence-corrected chi connectivity index (χ4v) is 2.46. The maximum absolute atomic E-state index is 3.56. The molecule has 19 heavy (non-hydrogen) atoms. The Kier molecular flexibility index (Phi) is 5.03. The van der Waals surface area contributed by atoms with Crippen LogP contribution in [-0.4, -0.2) is 6.54 Å². The van der Waals surface area contributed by atoms with Gasteiger partial charge in [-0.15, -0.1) is 0 Å². The van der Waals surface area contributed by atoms with Crippen LogP contribution in [-0.2, 0) is 0 Å². The summed E-state index contributed by atoms with van der Waals surface area (Å²) in [7, 11) is 0. The van der Waals surface area contributed by atoms with Crippen molar-refractivity contribution >= 4 is 21.6 Å². The Hall–Kier alpha value is -1.28. The van der Waals surface area contributed by atoms with Gasteiger partial charge in [0.05, 0.1) is 0 Å². The fraction of sp³-hybridized carbons (Fsp3) is 0.294. The molecule has 0 saturated heterocycles. The third-order valence-electron chi connectivity index (χ3n) is 3.45. The first kappa shape index (κ1) is 14.1. The third kappa shape index (κ3) is 4.10. The molecule has 1 N–H and O–H groups in total. The molecular weight excluding hydrogens is 298 g/mol. The minimum Gasteiger partial charge on any atom is -0.385 e. The van der Waals surface area contributed by atoms with Gasteiger partial charge in [-0.1, -0.05) is 59.3 Å². The van der Waals surface area contributed by atoms with E-state index in [9.17, 15) is 0 Å². The lowest BCUT2D eigenvalue weighted by Gasteiger charge is -2.13. The first-order valence-electron chi connectivity index (χ1n) is 6.72. The van der Waals surface area contributed by atoms with Gasteiger partial charge in [0.1, 0.15) is 0 Å². The summed E-state index contributed by atoms with van der Waals surface area (Å²) in [6, 6.07) is 17.1. The molecule has 2 heteroatoms. The molecule has 100 valence electrons. The van der Waals surface area contributed by atoms with Crippen LogP contribution in [0.3, 0.4) is 0 Å². The van der Waals surface area contributed by atoms with Crippen LogP contribution in [0.2, 0.25) is 0 Å². The van der Waals surface area contributed by atoms with Crippen LogP contribution < -0.4 is 5.32 Å². The summed E-state index contributed by atoms with van der Waals surface area (Å²) in [5, 5.41) is 3.48. The highest BCUT2D eigenvalue weighted by Crippen LogP contribution is 2.22. The Morgan fingerprint density at radius 2 is 1.84 bits per heavy atom. The van der Waals surface area contributed by atoms with Gasteiger partial charge in [-0.05, 0) is 42.5 Å². The molecule has 1 atom stereocenters. The SMILES string of the molecule is Cc1ccc(NCCC(C)c2ccccc2)cc1Br. The van der Waals surface area contributed by atoms with Crippen molar-refractivity contribution < 1.29 is 0 Å². The van der Waals surface area contributed by atoms with E-state index in [0.717, 1.165) is 17.4 Å². The predicted molar refractivity (Wildman–Crippen MR) is 86.8 cm³/mol. The smallest absolute Gasteiger partial charge is 0.0351 e. The molecule has 0 radical (unpaired) electrons. The summed E-state index contributed by atoms with van der Waals surface area (Å²) in [5.74, 6) is 0.586. The van der Waals surface area contributed by atoms with Crippen LogP contribution >= 0.6 is 15.9 Å². The van der Waals surface area contributed by atoms with Gasteiger partial charge in [0.2, 0.25) is 0 Å². The van der Waals surface area contributed by atoms with Gasteiger partial charge in [0, 0.05) is 16.7 Å². The summed E-state index contributed by atoms with van der Waals surface area (Å²) < 4.78 is 1.16. The number of nitrogens with one attached hydrogen (secondary N) is 1. The molecule has 0 bridgehead atoms. The summed E-state index contributed by atoms with van der Waals surface area (Å²) in [6.45, 7) is 5.37. The maximum atomic E-state index is 3.56. The highest BCUT2D eigenvalue weighted by Gasteiger charge is 2.04. The molecule has 0 aliphatic carbocycles. The van der Waals surface area contributed by atoms with Crippen molar-refractivity contribution in [2.75, 3.05) is 11.9 Å². The van der Waals surface area contributed by atoms with Crippen LogP contribution in [0.15, 0.2) is 53.0 Å². The average molecular weight is 318 g/mol. The zero-order valence-corrected chi connectivity index (χ0v) is 13.1. The lowest BCUT2D eigenvalue weighted by molar-refractivity contribution is 0.706. The van der Waals surface area contributed by atoms with Crippen molar-refractivity contribution in [2.45, 2.75) is 26.2 Å². The molecule has 2 aromatic carbocycles. The fourth-order valence-electron chi connectivity index (χ4n) is 2.08. The molecule has 1 unspecified atom stereocenters. The van der Waals surface area contributed by atoms with E-state index in [1.165, 1.54) is 16.8 Å². The van der Waals surface area contributed by atoms with Gasteiger partial charge in [-0.25, -0.2) is 0 Å². The molecule has 2 rings (SSSR count). The Morgan fingerprint density at radius 3 is 2.53 bits per heavy atom. The summed E-state index contributed by atoms with van der Waals surface area (Å²) in [6.07, 6.45) is 1.13. The molecular formula is C17H20BrN. The predicted octanol–water partition coefficient (Wildman–Crippen LogP) is 5.36. The molecule has 0 spiro atoms. The molecule has 0 aliphatic rings. The van der Waals surface area contributed by atoms with Crippen LogP contribution in [0.1, 0.15) is 30.4 Å². The molecule has 0 fully saturated rings. The summed E-state index contributed by atoms with van der Waals surface area (Å²) >= 11 is 3.56. The van der Waals surface area contributed by atoms with E-state index in [2.05, 4.69) is 83.6 Å². The summed E-state index contributed by atoms with van der Waals surface area (Å²) in [4.78, 5) is 0. The molecule has 0 aromatic heterocycles. The second-order valence-electron chi connectivity index (χ2n) is 4.99. The quantitative estimate of drug-likeness (QED) is 0.782. The maximum Gasteiger partial charge on any atom is 0.0351 e. The minimum atomic E-state index is 0.586. The number of rotatable bonds is 5. The lowest BCUT2D eigenvalue weighted by Crippen LogP contribution is -2.06. The largest absolute Gasteiger partial charge is 0.385 e. The zero-order valence-electron chi connectivity index (χ0n) is 11.5. The highest BCUT2D eigenvalue weighted by atomic mass is 79.9. The zero-order chi connectivity index (χ0) is 13.7. The topological polar surface area (TPSA) is 12.0 Å². The molecule has 0 heterocycles. The molecule has 0 aliphatic heterocycles.